The summed E-state index contributed by atoms with van der Waals surface area (Å²) < 4.78 is 0. The third kappa shape index (κ3) is 2.54. The van der Waals surface area contributed by atoms with E-state index in [1.807, 2.05) is 44.2 Å². The van der Waals surface area contributed by atoms with Crippen molar-refractivity contribution in [3.8, 4) is 0 Å². The molecule has 1 aromatic rings. The molecule has 0 saturated heterocycles. The fraction of sp³-hybridized carbons (Fsp3) is 0.455. The highest BCUT2D eigenvalue weighted by atomic mass is 16.3. The maximum atomic E-state index is 9.88. The maximum absolute atomic E-state index is 9.88. The molecule has 13 heavy (non-hydrogen) atoms. The molecule has 72 valence electrons. The van der Waals surface area contributed by atoms with E-state index in [-0.39, 0.29) is 12.0 Å². The average molecular weight is 179 g/mol. The molecular formula is C11H17NO. The van der Waals surface area contributed by atoms with Crippen molar-refractivity contribution in [2.75, 3.05) is 0 Å². The summed E-state index contributed by atoms with van der Waals surface area (Å²) in [5, 5.41) is 9.88. The van der Waals surface area contributed by atoms with Crippen LogP contribution in [0.25, 0.3) is 0 Å². The number of benzene rings is 1. The Morgan fingerprint density at radius 1 is 1.15 bits per heavy atom. The highest BCUT2D eigenvalue weighted by molar-refractivity contribution is 5.18. The molecule has 3 unspecified atom stereocenters. The van der Waals surface area contributed by atoms with Crippen LogP contribution in [0.2, 0.25) is 0 Å². The lowest BCUT2D eigenvalue weighted by molar-refractivity contribution is 0.106. The molecule has 0 fully saturated rings. The van der Waals surface area contributed by atoms with E-state index in [0.717, 1.165) is 5.56 Å². The van der Waals surface area contributed by atoms with Crippen LogP contribution in [0.5, 0.6) is 0 Å². The Morgan fingerprint density at radius 3 is 2.15 bits per heavy atom. The van der Waals surface area contributed by atoms with Crippen LogP contribution in [0.1, 0.15) is 25.5 Å². The number of aliphatic hydroxyl groups is 1. The van der Waals surface area contributed by atoms with Crippen LogP contribution in [0, 0.1) is 5.92 Å². The quantitative estimate of drug-likeness (QED) is 0.742. The Morgan fingerprint density at radius 2 is 1.69 bits per heavy atom. The molecule has 1 aromatic carbocycles. The van der Waals surface area contributed by atoms with Crippen LogP contribution >= 0.6 is 0 Å². The molecule has 0 saturated carbocycles. The summed E-state index contributed by atoms with van der Waals surface area (Å²) in [5.41, 5.74) is 6.65. The Bertz CT molecular complexity index is 246. The molecule has 0 aliphatic heterocycles. The summed E-state index contributed by atoms with van der Waals surface area (Å²) in [6.07, 6.45) is -0.457. The smallest absolute Gasteiger partial charge is 0.0830 e. The molecule has 3 atom stereocenters. The monoisotopic (exact) mass is 179 g/mol. The average Bonchev–Trinajstić information content (AvgIpc) is 2.17. The highest BCUT2D eigenvalue weighted by Gasteiger charge is 2.18. The Kier molecular flexibility index (Phi) is 3.46. The van der Waals surface area contributed by atoms with Gasteiger partial charge in [0.25, 0.3) is 0 Å². The molecule has 0 bridgehead atoms. The summed E-state index contributed by atoms with van der Waals surface area (Å²) >= 11 is 0. The van der Waals surface area contributed by atoms with Gasteiger partial charge in [0.15, 0.2) is 0 Å². The van der Waals surface area contributed by atoms with Gasteiger partial charge in [0.1, 0.15) is 0 Å². The number of hydrogen-bond acceptors (Lipinski definition) is 2. The van der Waals surface area contributed by atoms with Crippen LogP contribution in [0.3, 0.4) is 0 Å². The summed E-state index contributed by atoms with van der Waals surface area (Å²) in [5.74, 6) is 0.0856. The molecule has 0 aliphatic rings. The largest absolute Gasteiger partial charge is 0.388 e. The second kappa shape index (κ2) is 4.40. The van der Waals surface area contributed by atoms with Gasteiger partial charge in [-0.1, -0.05) is 37.3 Å². The topological polar surface area (TPSA) is 46.2 Å². The minimum atomic E-state index is -0.457. The summed E-state index contributed by atoms with van der Waals surface area (Å²) in [6, 6.07) is 9.63. The number of hydrogen-bond donors (Lipinski definition) is 2. The minimum absolute atomic E-state index is 0.00945. The fourth-order valence-corrected chi connectivity index (χ4v) is 1.24. The van der Waals surface area contributed by atoms with Gasteiger partial charge < -0.3 is 10.8 Å². The summed E-state index contributed by atoms with van der Waals surface area (Å²) in [4.78, 5) is 0. The molecule has 3 N–H and O–H groups in total. The highest BCUT2D eigenvalue weighted by Crippen LogP contribution is 2.22. The number of aliphatic hydroxyl groups excluding tert-OH is 1. The van der Waals surface area contributed by atoms with Crippen molar-refractivity contribution < 1.29 is 5.11 Å². The Labute approximate surface area is 79.4 Å². The van der Waals surface area contributed by atoms with Gasteiger partial charge in [0, 0.05) is 12.0 Å². The van der Waals surface area contributed by atoms with E-state index < -0.39 is 6.10 Å². The van der Waals surface area contributed by atoms with E-state index in [2.05, 4.69) is 0 Å². The second-order valence-electron chi connectivity index (χ2n) is 3.57. The third-order valence-corrected chi connectivity index (χ3v) is 2.47. The maximum Gasteiger partial charge on any atom is 0.0830 e. The summed E-state index contributed by atoms with van der Waals surface area (Å²) in [6.45, 7) is 3.87. The normalized spacial score (nSPS) is 17.8. The first-order valence-electron chi connectivity index (χ1n) is 4.61. The van der Waals surface area contributed by atoms with Crippen molar-refractivity contribution >= 4 is 0 Å². The predicted octanol–water partition coefficient (Wildman–Crippen LogP) is 1.70. The molecule has 0 heterocycles. The first-order chi connectivity index (χ1) is 6.13. The fourth-order valence-electron chi connectivity index (χ4n) is 1.24. The first-order valence-corrected chi connectivity index (χ1v) is 4.61. The van der Waals surface area contributed by atoms with Gasteiger partial charge in [-0.2, -0.15) is 0 Å². The first kappa shape index (κ1) is 10.2. The van der Waals surface area contributed by atoms with Gasteiger partial charge in [-0.25, -0.2) is 0 Å². The molecule has 1 rings (SSSR count). The van der Waals surface area contributed by atoms with Gasteiger partial charge in [-0.15, -0.1) is 0 Å². The number of rotatable bonds is 3. The SMILES string of the molecule is CC(N)C(C)C(O)c1ccccc1. The lowest BCUT2D eigenvalue weighted by atomic mass is 9.92. The van der Waals surface area contributed by atoms with E-state index in [0.29, 0.717) is 0 Å². The van der Waals surface area contributed by atoms with Crippen molar-refractivity contribution in [1.29, 1.82) is 0 Å². The van der Waals surface area contributed by atoms with E-state index in [9.17, 15) is 5.11 Å². The van der Waals surface area contributed by atoms with E-state index in [1.165, 1.54) is 0 Å². The van der Waals surface area contributed by atoms with Crippen LogP contribution in [-0.4, -0.2) is 11.1 Å². The van der Waals surface area contributed by atoms with Gasteiger partial charge in [-0.3, -0.25) is 0 Å². The zero-order valence-electron chi connectivity index (χ0n) is 8.14. The molecular weight excluding hydrogens is 162 g/mol. The predicted molar refractivity (Wildman–Crippen MR) is 54.2 cm³/mol. The van der Waals surface area contributed by atoms with Crippen LogP contribution in [0.15, 0.2) is 30.3 Å². The summed E-state index contributed by atoms with van der Waals surface area (Å²) in [7, 11) is 0. The molecule has 0 amide bonds. The van der Waals surface area contributed by atoms with Gasteiger partial charge in [0.2, 0.25) is 0 Å². The van der Waals surface area contributed by atoms with E-state index >= 15 is 0 Å². The van der Waals surface area contributed by atoms with E-state index in [4.69, 9.17) is 5.73 Å². The molecule has 0 spiro atoms. The Hall–Kier alpha value is -0.860. The van der Waals surface area contributed by atoms with Gasteiger partial charge in [-0.05, 0) is 12.5 Å². The lowest BCUT2D eigenvalue weighted by Crippen LogP contribution is -2.29. The van der Waals surface area contributed by atoms with Gasteiger partial charge in [0.05, 0.1) is 6.10 Å². The molecule has 0 aromatic heterocycles. The van der Waals surface area contributed by atoms with Crippen LogP contribution in [0.4, 0.5) is 0 Å². The zero-order valence-corrected chi connectivity index (χ0v) is 8.14. The van der Waals surface area contributed by atoms with Crippen molar-refractivity contribution in [2.24, 2.45) is 11.7 Å². The van der Waals surface area contributed by atoms with Crippen molar-refractivity contribution in [2.45, 2.75) is 26.0 Å². The molecule has 2 nitrogen and oxygen atoms in total. The molecule has 2 heteroatoms. The standard InChI is InChI=1S/C11H17NO/c1-8(9(2)12)11(13)10-6-4-3-5-7-10/h3-9,11,13H,12H2,1-2H3. The Balaban J connectivity index is 2.73. The number of nitrogens with two attached hydrogens (primary N) is 1. The minimum Gasteiger partial charge on any atom is -0.388 e. The van der Waals surface area contributed by atoms with Crippen molar-refractivity contribution in [1.82, 2.24) is 0 Å². The van der Waals surface area contributed by atoms with Crippen molar-refractivity contribution in [3.63, 3.8) is 0 Å². The zero-order chi connectivity index (χ0) is 9.84. The second-order valence-corrected chi connectivity index (χ2v) is 3.57. The third-order valence-electron chi connectivity index (χ3n) is 2.47. The lowest BCUT2D eigenvalue weighted by Gasteiger charge is -2.22. The van der Waals surface area contributed by atoms with E-state index in [1.54, 1.807) is 0 Å². The molecule has 0 aliphatic carbocycles. The van der Waals surface area contributed by atoms with Crippen molar-refractivity contribution in [3.05, 3.63) is 35.9 Å². The molecule has 0 radical (unpaired) electrons. The van der Waals surface area contributed by atoms with Crippen LogP contribution < -0.4 is 5.73 Å². The van der Waals surface area contributed by atoms with Crippen LogP contribution in [-0.2, 0) is 0 Å². The van der Waals surface area contributed by atoms with Gasteiger partial charge >= 0.3 is 0 Å².